The molecule has 0 spiro atoms. The largest absolute Gasteiger partial charge is 0.381 e. The van der Waals surface area contributed by atoms with Gasteiger partial charge < -0.3 is 15.2 Å². The summed E-state index contributed by atoms with van der Waals surface area (Å²) in [7, 11) is 0. The molecule has 2 aliphatic heterocycles. The Morgan fingerprint density at radius 3 is 2.53 bits per heavy atom. The van der Waals surface area contributed by atoms with Crippen molar-refractivity contribution in [2.45, 2.75) is 19.3 Å². The fourth-order valence-corrected chi connectivity index (χ4v) is 2.49. The molecule has 2 aliphatic rings. The van der Waals surface area contributed by atoms with E-state index in [-0.39, 0.29) is 11.3 Å². The van der Waals surface area contributed by atoms with Crippen molar-refractivity contribution in [1.82, 2.24) is 0 Å². The maximum Gasteiger partial charge on any atom is 0.145 e. The van der Waals surface area contributed by atoms with Crippen LogP contribution >= 0.6 is 0 Å². The SMILES string of the molecule is NCC1(C(=O)C2CCOC2)CCOCC1. The highest BCUT2D eigenvalue weighted by Crippen LogP contribution is 2.35. The average molecular weight is 213 g/mol. The first-order valence-corrected chi connectivity index (χ1v) is 5.68. The Morgan fingerprint density at radius 1 is 1.27 bits per heavy atom. The normalized spacial score (nSPS) is 30.3. The van der Waals surface area contributed by atoms with Crippen molar-refractivity contribution in [1.29, 1.82) is 0 Å². The molecule has 2 saturated heterocycles. The molecule has 0 aromatic heterocycles. The number of Topliss-reactive ketones (excluding diaryl/α,β-unsaturated/α-hetero) is 1. The van der Waals surface area contributed by atoms with Gasteiger partial charge in [-0.2, -0.15) is 0 Å². The highest BCUT2D eigenvalue weighted by atomic mass is 16.5. The number of ether oxygens (including phenoxy) is 2. The zero-order valence-corrected chi connectivity index (χ0v) is 9.04. The molecule has 0 amide bonds. The topological polar surface area (TPSA) is 61.6 Å². The summed E-state index contributed by atoms with van der Waals surface area (Å²) in [6.45, 7) is 3.08. The predicted octanol–water partition coefficient (Wildman–Crippen LogP) is 0.347. The minimum atomic E-state index is -0.323. The smallest absolute Gasteiger partial charge is 0.145 e. The molecule has 0 aromatic rings. The van der Waals surface area contributed by atoms with Gasteiger partial charge in [0.1, 0.15) is 5.78 Å². The number of carbonyl (C=O) groups excluding carboxylic acids is 1. The summed E-state index contributed by atoms with van der Waals surface area (Å²) < 4.78 is 10.6. The van der Waals surface area contributed by atoms with Crippen LogP contribution in [0.5, 0.6) is 0 Å². The fourth-order valence-electron chi connectivity index (χ4n) is 2.49. The quantitative estimate of drug-likeness (QED) is 0.734. The Labute approximate surface area is 90.1 Å². The van der Waals surface area contributed by atoms with Crippen molar-refractivity contribution in [2.75, 3.05) is 33.0 Å². The zero-order valence-electron chi connectivity index (χ0n) is 9.04. The number of rotatable bonds is 3. The van der Waals surface area contributed by atoms with Gasteiger partial charge in [0.2, 0.25) is 0 Å². The molecular formula is C11H19NO3. The van der Waals surface area contributed by atoms with Gasteiger partial charge in [0.15, 0.2) is 0 Å². The summed E-state index contributed by atoms with van der Waals surface area (Å²) in [6.07, 6.45) is 2.42. The van der Waals surface area contributed by atoms with E-state index in [1.807, 2.05) is 0 Å². The second-order valence-electron chi connectivity index (χ2n) is 4.52. The Bertz CT molecular complexity index is 230. The van der Waals surface area contributed by atoms with Crippen LogP contribution in [-0.2, 0) is 14.3 Å². The van der Waals surface area contributed by atoms with E-state index in [1.54, 1.807) is 0 Å². The maximum absolute atomic E-state index is 12.3. The molecule has 2 fully saturated rings. The minimum Gasteiger partial charge on any atom is -0.381 e. The van der Waals surface area contributed by atoms with Crippen LogP contribution in [0, 0.1) is 11.3 Å². The van der Waals surface area contributed by atoms with Crippen molar-refractivity contribution in [3.05, 3.63) is 0 Å². The maximum atomic E-state index is 12.3. The van der Waals surface area contributed by atoms with Crippen LogP contribution in [0.2, 0.25) is 0 Å². The van der Waals surface area contributed by atoms with Gasteiger partial charge >= 0.3 is 0 Å². The van der Waals surface area contributed by atoms with Crippen LogP contribution in [-0.4, -0.2) is 38.8 Å². The summed E-state index contributed by atoms with van der Waals surface area (Å²) >= 11 is 0. The van der Waals surface area contributed by atoms with Crippen LogP contribution in [0.1, 0.15) is 19.3 Å². The van der Waals surface area contributed by atoms with Gasteiger partial charge in [-0.25, -0.2) is 0 Å². The fraction of sp³-hybridized carbons (Fsp3) is 0.909. The van der Waals surface area contributed by atoms with E-state index in [0.717, 1.165) is 19.3 Å². The molecule has 2 N–H and O–H groups in total. The van der Waals surface area contributed by atoms with Gasteiger partial charge in [0.25, 0.3) is 0 Å². The Hall–Kier alpha value is -0.450. The Balaban J connectivity index is 2.06. The molecule has 0 bridgehead atoms. The van der Waals surface area contributed by atoms with Crippen molar-refractivity contribution in [2.24, 2.45) is 17.1 Å². The van der Waals surface area contributed by atoms with Crippen LogP contribution in [0.3, 0.4) is 0 Å². The van der Waals surface area contributed by atoms with Crippen LogP contribution < -0.4 is 5.73 Å². The first-order valence-electron chi connectivity index (χ1n) is 5.68. The second-order valence-corrected chi connectivity index (χ2v) is 4.52. The molecule has 1 unspecified atom stereocenters. The van der Waals surface area contributed by atoms with E-state index < -0.39 is 0 Å². The first-order chi connectivity index (χ1) is 7.28. The van der Waals surface area contributed by atoms with Crippen molar-refractivity contribution in [3.8, 4) is 0 Å². The summed E-state index contributed by atoms with van der Waals surface area (Å²) in [5.74, 6) is 0.387. The van der Waals surface area contributed by atoms with Crippen LogP contribution in [0.25, 0.3) is 0 Å². The number of ketones is 1. The van der Waals surface area contributed by atoms with E-state index in [9.17, 15) is 4.79 Å². The van der Waals surface area contributed by atoms with E-state index in [0.29, 0.717) is 38.8 Å². The molecule has 1 atom stereocenters. The summed E-state index contributed by atoms with van der Waals surface area (Å²) in [5.41, 5.74) is 5.47. The molecule has 4 heteroatoms. The van der Waals surface area contributed by atoms with E-state index in [1.165, 1.54) is 0 Å². The second kappa shape index (κ2) is 4.60. The molecule has 4 nitrogen and oxygen atoms in total. The number of nitrogens with two attached hydrogens (primary N) is 1. The lowest BCUT2D eigenvalue weighted by Gasteiger charge is -2.36. The lowest BCUT2D eigenvalue weighted by atomic mass is 9.72. The summed E-state index contributed by atoms with van der Waals surface area (Å²) in [6, 6.07) is 0. The Morgan fingerprint density at radius 2 is 2.00 bits per heavy atom. The lowest BCUT2D eigenvalue weighted by Crippen LogP contribution is -2.46. The molecule has 0 radical (unpaired) electrons. The van der Waals surface area contributed by atoms with E-state index in [2.05, 4.69) is 0 Å². The number of hydrogen-bond donors (Lipinski definition) is 1. The van der Waals surface area contributed by atoms with Gasteiger partial charge in [-0.3, -0.25) is 4.79 Å². The van der Waals surface area contributed by atoms with Gasteiger partial charge in [0, 0.05) is 37.7 Å². The highest BCUT2D eigenvalue weighted by Gasteiger charge is 2.42. The first kappa shape index (κ1) is 11.0. The van der Waals surface area contributed by atoms with E-state index >= 15 is 0 Å². The Kier molecular flexibility index (Phi) is 3.38. The van der Waals surface area contributed by atoms with Crippen molar-refractivity contribution in [3.63, 3.8) is 0 Å². The van der Waals surface area contributed by atoms with Crippen LogP contribution in [0.4, 0.5) is 0 Å². The zero-order chi connectivity index (χ0) is 10.7. The average Bonchev–Trinajstić information content (AvgIpc) is 2.82. The lowest BCUT2D eigenvalue weighted by molar-refractivity contribution is -0.137. The van der Waals surface area contributed by atoms with Crippen molar-refractivity contribution >= 4 is 5.78 Å². The van der Waals surface area contributed by atoms with Gasteiger partial charge in [0.05, 0.1) is 6.61 Å². The van der Waals surface area contributed by atoms with Gasteiger partial charge in [-0.15, -0.1) is 0 Å². The molecule has 15 heavy (non-hydrogen) atoms. The third-order valence-corrected chi connectivity index (χ3v) is 3.66. The molecule has 2 rings (SSSR count). The van der Waals surface area contributed by atoms with E-state index in [4.69, 9.17) is 15.2 Å². The van der Waals surface area contributed by atoms with Gasteiger partial charge in [-0.05, 0) is 19.3 Å². The molecule has 0 aliphatic carbocycles. The third-order valence-electron chi connectivity index (χ3n) is 3.66. The number of carbonyl (C=O) groups is 1. The standard InChI is InChI=1S/C11H19NO3/c12-8-11(2-5-14-6-3-11)10(13)9-1-4-15-7-9/h9H,1-8,12H2. The van der Waals surface area contributed by atoms with Crippen molar-refractivity contribution < 1.29 is 14.3 Å². The molecular weight excluding hydrogens is 194 g/mol. The monoisotopic (exact) mass is 213 g/mol. The van der Waals surface area contributed by atoms with Gasteiger partial charge in [-0.1, -0.05) is 0 Å². The highest BCUT2D eigenvalue weighted by molar-refractivity contribution is 5.87. The summed E-state index contributed by atoms with van der Waals surface area (Å²) in [5, 5.41) is 0. The van der Waals surface area contributed by atoms with Crippen LogP contribution in [0.15, 0.2) is 0 Å². The third kappa shape index (κ3) is 2.07. The molecule has 86 valence electrons. The molecule has 2 heterocycles. The summed E-state index contributed by atoms with van der Waals surface area (Å²) in [4.78, 5) is 12.3. The number of hydrogen-bond acceptors (Lipinski definition) is 4. The minimum absolute atomic E-state index is 0.0756. The molecule has 0 saturated carbocycles. The molecule has 0 aromatic carbocycles. The predicted molar refractivity (Wildman–Crippen MR) is 55.5 cm³/mol.